The first-order chi connectivity index (χ1) is 17.4. The number of nitrogens with zero attached hydrogens (tertiary/aromatic N) is 1. The van der Waals surface area contributed by atoms with Crippen LogP contribution in [0.25, 0.3) is 6.08 Å². The number of rotatable bonds is 9. The van der Waals surface area contributed by atoms with Gasteiger partial charge in [-0.2, -0.15) is 0 Å². The monoisotopic (exact) mass is 543 g/mol. The summed E-state index contributed by atoms with van der Waals surface area (Å²) in [6.07, 6.45) is 1.61. The van der Waals surface area contributed by atoms with Crippen LogP contribution in [-0.4, -0.2) is 36.3 Å². The van der Waals surface area contributed by atoms with Gasteiger partial charge in [-0.25, -0.2) is 0 Å². The van der Waals surface area contributed by atoms with E-state index in [0.717, 1.165) is 27.8 Å². The van der Waals surface area contributed by atoms with Gasteiger partial charge in [0, 0.05) is 0 Å². The molecule has 0 radical (unpaired) electrons. The van der Waals surface area contributed by atoms with E-state index in [1.165, 1.54) is 7.11 Å². The molecule has 0 aromatic heterocycles. The number of hydrogen-bond acceptors (Lipinski definition) is 6. The number of carbonyl (C=O) groups excluding carboxylic acids is 2. The third-order valence-electron chi connectivity index (χ3n) is 5.47. The normalized spacial score (nSPS) is 14.4. The molecule has 2 amide bonds. The average molecular weight is 544 g/mol. The molecule has 4 rings (SSSR count). The molecule has 0 N–H and O–H groups in total. The number of carbonyl (C=O) groups is 2. The van der Waals surface area contributed by atoms with E-state index in [1.54, 1.807) is 42.5 Å². The fourth-order valence-corrected chi connectivity index (χ4v) is 4.87. The fraction of sp³-hybridized carbons (Fsp3) is 0.185. The number of hydrogen-bond donors (Lipinski definition) is 0. The van der Waals surface area contributed by atoms with Crippen LogP contribution in [0.3, 0.4) is 0 Å². The van der Waals surface area contributed by atoms with Crippen molar-refractivity contribution in [2.24, 2.45) is 0 Å². The van der Waals surface area contributed by atoms with Gasteiger partial charge in [-0.3, -0.25) is 14.5 Å². The molecule has 186 valence electrons. The maximum atomic E-state index is 12.9. The van der Waals surface area contributed by atoms with Crippen molar-refractivity contribution in [3.63, 3.8) is 0 Å². The third kappa shape index (κ3) is 5.98. The molecule has 6 nitrogen and oxygen atoms in total. The molecule has 0 aliphatic carbocycles. The van der Waals surface area contributed by atoms with Crippen molar-refractivity contribution < 1.29 is 23.8 Å². The summed E-state index contributed by atoms with van der Waals surface area (Å²) in [6.45, 7) is 2.57. The number of ether oxygens (including phenoxy) is 3. The van der Waals surface area contributed by atoms with Gasteiger partial charge < -0.3 is 14.2 Å². The zero-order valence-corrected chi connectivity index (χ0v) is 22.0. The molecule has 1 saturated heterocycles. The number of methoxy groups -OCH3 is 1. The van der Waals surface area contributed by atoms with Crippen LogP contribution < -0.4 is 14.2 Å². The molecular weight excluding hydrogens is 521 g/mol. The van der Waals surface area contributed by atoms with E-state index in [-0.39, 0.29) is 23.3 Å². The van der Waals surface area contributed by atoms with Crippen LogP contribution in [0, 0.1) is 6.92 Å². The SMILES string of the molecule is COc1cc(/C=C2\SC(=O)N(CCOc3ccccc3Cl)C2=O)cc(Cl)c1OCc1ccccc1C. The number of aryl methyl sites for hydroxylation is 1. The standard InChI is InChI=1S/C27H23Cl2NO5S/c1-17-7-3-4-8-19(17)16-35-25-21(29)13-18(14-23(25)33-2)15-24-26(31)30(27(32)36-24)11-12-34-22-10-6-5-9-20(22)28/h3-10,13-15H,11-12,16H2,1-2H3/b24-15-. The minimum atomic E-state index is -0.400. The summed E-state index contributed by atoms with van der Waals surface area (Å²) in [7, 11) is 1.52. The van der Waals surface area contributed by atoms with E-state index < -0.39 is 5.91 Å². The number of amides is 2. The zero-order valence-electron chi connectivity index (χ0n) is 19.6. The molecule has 0 unspecified atom stereocenters. The first-order valence-electron chi connectivity index (χ1n) is 11.0. The molecule has 3 aromatic rings. The van der Waals surface area contributed by atoms with E-state index in [0.29, 0.717) is 39.5 Å². The van der Waals surface area contributed by atoms with Crippen molar-refractivity contribution in [3.05, 3.63) is 92.3 Å². The highest BCUT2D eigenvalue weighted by molar-refractivity contribution is 8.18. The van der Waals surface area contributed by atoms with Crippen molar-refractivity contribution in [1.82, 2.24) is 4.90 Å². The molecule has 1 aliphatic heterocycles. The highest BCUT2D eigenvalue weighted by atomic mass is 35.5. The van der Waals surface area contributed by atoms with Crippen LogP contribution in [0.15, 0.2) is 65.6 Å². The van der Waals surface area contributed by atoms with Crippen molar-refractivity contribution >= 4 is 52.2 Å². The Morgan fingerprint density at radius 2 is 1.69 bits per heavy atom. The quantitative estimate of drug-likeness (QED) is 0.270. The van der Waals surface area contributed by atoms with Crippen LogP contribution >= 0.6 is 35.0 Å². The van der Waals surface area contributed by atoms with Gasteiger partial charge >= 0.3 is 0 Å². The summed E-state index contributed by atoms with van der Waals surface area (Å²) in [5.41, 5.74) is 2.75. The van der Waals surface area contributed by atoms with Gasteiger partial charge in [0.15, 0.2) is 11.5 Å². The van der Waals surface area contributed by atoms with Crippen LogP contribution in [0.4, 0.5) is 4.79 Å². The number of imide groups is 1. The van der Waals surface area contributed by atoms with Gasteiger partial charge in [0.2, 0.25) is 0 Å². The Balaban J connectivity index is 1.45. The van der Waals surface area contributed by atoms with E-state index in [2.05, 4.69) is 0 Å². The second-order valence-electron chi connectivity index (χ2n) is 7.86. The molecule has 0 saturated carbocycles. The van der Waals surface area contributed by atoms with Gasteiger partial charge in [0.1, 0.15) is 19.0 Å². The predicted octanol–water partition coefficient (Wildman–Crippen LogP) is 7.00. The molecule has 1 aliphatic rings. The maximum Gasteiger partial charge on any atom is 0.293 e. The number of para-hydroxylation sites is 1. The molecule has 0 spiro atoms. The molecule has 0 bridgehead atoms. The number of thioether (sulfide) groups is 1. The average Bonchev–Trinajstić information content (AvgIpc) is 3.12. The Labute approximate surface area is 223 Å². The number of benzene rings is 3. The molecule has 3 aromatic carbocycles. The highest BCUT2D eigenvalue weighted by Crippen LogP contribution is 2.39. The first kappa shape index (κ1) is 25.9. The van der Waals surface area contributed by atoms with Crippen LogP contribution in [0.5, 0.6) is 17.2 Å². The minimum Gasteiger partial charge on any atom is -0.493 e. The summed E-state index contributed by atoms with van der Waals surface area (Å²) in [5.74, 6) is 0.926. The van der Waals surface area contributed by atoms with Crippen LogP contribution in [-0.2, 0) is 11.4 Å². The van der Waals surface area contributed by atoms with E-state index >= 15 is 0 Å². The Bertz CT molecular complexity index is 1330. The van der Waals surface area contributed by atoms with E-state index in [4.69, 9.17) is 37.4 Å². The second kappa shape index (κ2) is 11.7. The summed E-state index contributed by atoms with van der Waals surface area (Å²) in [5, 5.41) is 0.426. The van der Waals surface area contributed by atoms with Crippen LogP contribution in [0.2, 0.25) is 10.0 Å². The molecule has 1 heterocycles. The molecule has 0 atom stereocenters. The van der Waals surface area contributed by atoms with Gasteiger partial charge in [-0.1, -0.05) is 59.6 Å². The van der Waals surface area contributed by atoms with Crippen molar-refractivity contribution in [2.45, 2.75) is 13.5 Å². The van der Waals surface area contributed by atoms with Gasteiger partial charge in [-0.15, -0.1) is 0 Å². The number of halogens is 2. The Kier molecular flexibility index (Phi) is 8.46. The Morgan fingerprint density at radius 1 is 0.944 bits per heavy atom. The van der Waals surface area contributed by atoms with Gasteiger partial charge in [0.25, 0.3) is 11.1 Å². The topological polar surface area (TPSA) is 65.1 Å². The highest BCUT2D eigenvalue weighted by Gasteiger charge is 2.35. The lowest BCUT2D eigenvalue weighted by Crippen LogP contribution is -2.32. The second-order valence-corrected chi connectivity index (χ2v) is 9.67. The molecular formula is C27H23Cl2NO5S. The molecule has 9 heteroatoms. The maximum absolute atomic E-state index is 12.9. The summed E-state index contributed by atoms with van der Waals surface area (Å²) in [4.78, 5) is 26.8. The van der Waals surface area contributed by atoms with E-state index in [9.17, 15) is 9.59 Å². The van der Waals surface area contributed by atoms with Crippen molar-refractivity contribution in [3.8, 4) is 17.2 Å². The van der Waals surface area contributed by atoms with Crippen LogP contribution in [0.1, 0.15) is 16.7 Å². The van der Waals surface area contributed by atoms with E-state index in [1.807, 2.05) is 31.2 Å². The fourth-order valence-electron chi connectivity index (χ4n) is 3.54. The van der Waals surface area contributed by atoms with Gasteiger partial charge in [0.05, 0.1) is 28.6 Å². The molecule has 1 fully saturated rings. The Morgan fingerprint density at radius 3 is 2.44 bits per heavy atom. The molecule has 36 heavy (non-hydrogen) atoms. The predicted molar refractivity (Wildman–Crippen MR) is 143 cm³/mol. The lowest BCUT2D eigenvalue weighted by molar-refractivity contribution is -0.123. The lowest BCUT2D eigenvalue weighted by atomic mass is 10.1. The Hall–Kier alpha value is -3.13. The summed E-state index contributed by atoms with van der Waals surface area (Å²) < 4.78 is 17.1. The van der Waals surface area contributed by atoms with Gasteiger partial charge in [-0.05, 0) is 65.7 Å². The smallest absolute Gasteiger partial charge is 0.293 e. The zero-order chi connectivity index (χ0) is 25.7. The summed E-state index contributed by atoms with van der Waals surface area (Å²) in [6, 6.07) is 18.3. The van der Waals surface area contributed by atoms with Crippen molar-refractivity contribution in [2.75, 3.05) is 20.3 Å². The third-order valence-corrected chi connectivity index (χ3v) is 6.97. The largest absolute Gasteiger partial charge is 0.493 e. The summed E-state index contributed by atoms with van der Waals surface area (Å²) >= 11 is 13.4. The van der Waals surface area contributed by atoms with Crippen molar-refractivity contribution in [1.29, 1.82) is 0 Å². The minimum absolute atomic E-state index is 0.100. The lowest BCUT2D eigenvalue weighted by Gasteiger charge is -2.15. The first-order valence-corrected chi connectivity index (χ1v) is 12.6.